The number of morpholine rings is 1. The number of thioether (sulfide) groups is 1. The number of urea groups is 1. The van der Waals surface area contributed by atoms with E-state index >= 15 is 0 Å². The summed E-state index contributed by atoms with van der Waals surface area (Å²) < 4.78 is 5.62. The molecule has 2 aliphatic rings. The summed E-state index contributed by atoms with van der Waals surface area (Å²) >= 11 is 1.87. The van der Waals surface area contributed by atoms with E-state index in [9.17, 15) is 4.79 Å². The van der Waals surface area contributed by atoms with E-state index in [1.54, 1.807) is 7.05 Å². The maximum atomic E-state index is 11.5. The molecule has 1 aromatic heterocycles. The van der Waals surface area contributed by atoms with Gasteiger partial charge in [0.1, 0.15) is 5.82 Å². The molecule has 0 spiro atoms. The summed E-state index contributed by atoms with van der Waals surface area (Å²) in [6, 6.07) is 9.56. The molecule has 2 aromatic rings. The van der Waals surface area contributed by atoms with Crippen LogP contribution in [-0.4, -0.2) is 55.6 Å². The van der Waals surface area contributed by atoms with Gasteiger partial charge in [-0.1, -0.05) is 13.8 Å². The zero-order valence-electron chi connectivity index (χ0n) is 18.2. The average molecular weight is 430 g/mol. The van der Waals surface area contributed by atoms with Gasteiger partial charge in [-0.25, -0.2) is 14.8 Å². The van der Waals surface area contributed by atoms with E-state index in [4.69, 9.17) is 14.7 Å². The maximum absolute atomic E-state index is 11.5. The smallest absolute Gasteiger partial charge is 0.318 e. The summed E-state index contributed by atoms with van der Waals surface area (Å²) in [6.07, 6.45) is 4.47. The van der Waals surface area contributed by atoms with Crippen LogP contribution in [0.2, 0.25) is 0 Å². The fraction of sp³-hybridized carbons (Fsp3) is 0.500. The van der Waals surface area contributed by atoms with Crippen molar-refractivity contribution in [1.29, 1.82) is 0 Å². The van der Waals surface area contributed by atoms with Crippen LogP contribution < -0.4 is 15.5 Å². The Hall–Kier alpha value is -2.32. The quantitative estimate of drug-likeness (QED) is 0.745. The monoisotopic (exact) mass is 429 g/mol. The minimum atomic E-state index is -0.240. The van der Waals surface area contributed by atoms with E-state index in [0.717, 1.165) is 67.7 Å². The normalized spacial score (nSPS) is 16.9. The molecule has 2 fully saturated rings. The second kappa shape index (κ2) is 10.1. The lowest BCUT2D eigenvalue weighted by molar-refractivity contribution is 0.122. The number of anilines is 2. The standard InChI is InChI=1S/C20H25N5O2S.C2H6/c1-21-19(26)22-15-5-3-14(4-6-15)18-23-16(20(28-2)7-8-20)13-17(24-18)25-9-11-27-12-10-25;1-2/h3-6,13H,7-12H2,1-2H3,(H2,21,22,26);1-2H3. The molecule has 1 saturated heterocycles. The number of nitrogens with zero attached hydrogens (tertiary/aromatic N) is 3. The second-order valence-corrected chi connectivity index (χ2v) is 8.20. The Kier molecular flexibility index (Phi) is 7.55. The summed E-state index contributed by atoms with van der Waals surface area (Å²) in [4.78, 5) is 23.5. The molecule has 2 N–H and O–H groups in total. The van der Waals surface area contributed by atoms with Crippen molar-refractivity contribution >= 4 is 29.3 Å². The van der Waals surface area contributed by atoms with E-state index < -0.39 is 0 Å². The molecule has 2 amide bonds. The Bertz CT molecular complexity index is 849. The number of rotatable bonds is 5. The molecule has 0 bridgehead atoms. The topological polar surface area (TPSA) is 79.4 Å². The van der Waals surface area contributed by atoms with Crippen LogP contribution in [0.4, 0.5) is 16.3 Å². The molecule has 0 unspecified atom stereocenters. The molecule has 8 heteroatoms. The summed E-state index contributed by atoms with van der Waals surface area (Å²) in [5.74, 6) is 1.70. The van der Waals surface area contributed by atoms with Crippen LogP contribution in [0.15, 0.2) is 30.3 Å². The van der Waals surface area contributed by atoms with Crippen LogP contribution >= 0.6 is 11.8 Å². The Morgan fingerprint density at radius 3 is 2.37 bits per heavy atom. The van der Waals surface area contributed by atoms with Gasteiger partial charge in [0.05, 0.1) is 23.7 Å². The molecule has 1 aliphatic carbocycles. The van der Waals surface area contributed by atoms with E-state index in [2.05, 4.69) is 27.9 Å². The largest absolute Gasteiger partial charge is 0.378 e. The van der Waals surface area contributed by atoms with Crippen molar-refractivity contribution in [3.05, 3.63) is 36.0 Å². The third kappa shape index (κ3) is 5.05. The van der Waals surface area contributed by atoms with Crippen molar-refractivity contribution in [2.75, 3.05) is 49.8 Å². The Morgan fingerprint density at radius 1 is 1.13 bits per heavy atom. The highest BCUT2D eigenvalue weighted by Crippen LogP contribution is 2.55. The molecule has 0 atom stereocenters. The SMILES string of the molecule is CC.CNC(=O)Nc1ccc(-c2nc(N3CCOCC3)cc(C3(SC)CC3)n2)cc1. The van der Waals surface area contributed by atoms with Crippen molar-refractivity contribution in [2.24, 2.45) is 0 Å². The lowest BCUT2D eigenvalue weighted by Gasteiger charge is -2.29. The summed E-state index contributed by atoms with van der Waals surface area (Å²) in [7, 11) is 1.59. The van der Waals surface area contributed by atoms with Crippen LogP contribution in [0.1, 0.15) is 32.4 Å². The van der Waals surface area contributed by atoms with Gasteiger partial charge in [-0.05, 0) is 43.4 Å². The third-order valence-corrected chi connectivity index (χ3v) is 6.64. The van der Waals surface area contributed by atoms with Gasteiger partial charge in [0.25, 0.3) is 0 Å². The van der Waals surface area contributed by atoms with E-state index in [0.29, 0.717) is 0 Å². The number of carbonyl (C=O) groups is 1. The van der Waals surface area contributed by atoms with E-state index in [-0.39, 0.29) is 10.8 Å². The number of nitrogens with one attached hydrogen (secondary N) is 2. The lowest BCUT2D eigenvalue weighted by Crippen LogP contribution is -2.37. The van der Waals surface area contributed by atoms with Gasteiger partial charge in [-0.3, -0.25) is 0 Å². The van der Waals surface area contributed by atoms with E-state index in [1.165, 1.54) is 0 Å². The number of ether oxygens (including phenoxy) is 1. The first-order chi connectivity index (χ1) is 14.6. The highest BCUT2D eigenvalue weighted by Gasteiger charge is 2.45. The molecule has 1 aromatic carbocycles. The molecule has 4 rings (SSSR count). The van der Waals surface area contributed by atoms with Crippen LogP contribution in [0.25, 0.3) is 11.4 Å². The average Bonchev–Trinajstić information content (AvgIpc) is 3.62. The number of hydrogen-bond donors (Lipinski definition) is 2. The molecule has 0 radical (unpaired) electrons. The number of hydrogen-bond acceptors (Lipinski definition) is 6. The minimum Gasteiger partial charge on any atom is -0.378 e. The minimum absolute atomic E-state index is 0.124. The highest BCUT2D eigenvalue weighted by atomic mass is 32.2. The molecule has 1 aliphatic heterocycles. The molecule has 162 valence electrons. The Labute approximate surface area is 183 Å². The van der Waals surface area contributed by atoms with Gasteiger partial charge in [0.2, 0.25) is 0 Å². The van der Waals surface area contributed by atoms with Crippen LogP contribution in [0, 0.1) is 0 Å². The van der Waals surface area contributed by atoms with E-state index in [1.807, 2.05) is 49.9 Å². The predicted molar refractivity (Wildman–Crippen MR) is 124 cm³/mol. The third-order valence-electron chi connectivity index (χ3n) is 5.24. The Balaban J connectivity index is 0.00000124. The molecular weight excluding hydrogens is 398 g/mol. The zero-order valence-corrected chi connectivity index (χ0v) is 19.0. The zero-order chi connectivity index (χ0) is 21.6. The number of carbonyl (C=O) groups excluding carboxylic acids is 1. The summed E-state index contributed by atoms with van der Waals surface area (Å²) in [5.41, 5.74) is 2.78. The van der Waals surface area contributed by atoms with Crippen molar-refractivity contribution in [2.45, 2.75) is 31.4 Å². The van der Waals surface area contributed by atoms with Crippen LogP contribution in [0.5, 0.6) is 0 Å². The number of benzene rings is 1. The van der Waals surface area contributed by atoms with Crippen LogP contribution in [-0.2, 0) is 9.48 Å². The van der Waals surface area contributed by atoms with Crippen LogP contribution in [0.3, 0.4) is 0 Å². The van der Waals surface area contributed by atoms with Gasteiger partial charge >= 0.3 is 6.03 Å². The second-order valence-electron chi connectivity index (χ2n) is 7.01. The predicted octanol–water partition coefficient (Wildman–Crippen LogP) is 4.11. The van der Waals surface area contributed by atoms with Gasteiger partial charge in [0.15, 0.2) is 5.82 Å². The van der Waals surface area contributed by atoms with Gasteiger partial charge < -0.3 is 20.3 Å². The first-order valence-electron chi connectivity index (χ1n) is 10.5. The van der Waals surface area contributed by atoms with Gasteiger partial charge in [0, 0.05) is 37.5 Å². The van der Waals surface area contributed by atoms with Crippen molar-refractivity contribution < 1.29 is 9.53 Å². The number of amides is 2. The fourth-order valence-electron chi connectivity index (χ4n) is 3.33. The maximum Gasteiger partial charge on any atom is 0.318 e. The molecular formula is C22H31N5O2S. The fourth-order valence-corrected chi connectivity index (χ4v) is 4.15. The molecule has 2 heterocycles. The molecule has 1 saturated carbocycles. The Morgan fingerprint density at radius 2 is 1.80 bits per heavy atom. The van der Waals surface area contributed by atoms with Crippen molar-refractivity contribution in [3.8, 4) is 11.4 Å². The first-order valence-corrected chi connectivity index (χ1v) is 11.7. The van der Waals surface area contributed by atoms with Gasteiger partial charge in [-0.15, -0.1) is 0 Å². The van der Waals surface area contributed by atoms with Gasteiger partial charge in [-0.2, -0.15) is 11.8 Å². The highest BCUT2D eigenvalue weighted by molar-refractivity contribution is 7.99. The van der Waals surface area contributed by atoms with Crippen molar-refractivity contribution in [1.82, 2.24) is 15.3 Å². The molecule has 30 heavy (non-hydrogen) atoms. The lowest BCUT2D eigenvalue weighted by atomic mass is 10.1. The summed E-state index contributed by atoms with van der Waals surface area (Å²) in [6.45, 7) is 7.14. The summed E-state index contributed by atoms with van der Waals surface area (Å²) in [5, 5.41) is 5.32. The number of aromatic nitrogens is 2. The molecule has 7 nitrogen and oxygen atoms in total. The first kappa shape index (κ1) is 22.4. The van der Waals surface area contributed by atoms with Crippen molar-refractivity contribution in [3.63, 3.8) is 0 Å².